The highest BCUT2D eigenvalue weighted by atomic mass is 79.9. The van der Waals surface area contributed by atoms with Crippen LogP contribution in [0.3, 0.4) is 0 Å². The molecule has 0 heterocycles. The Hall–Kier alpha value is -1.40. The molecule has 0 aliphatic rings. The van der Waals surface area contributed by atoms with Crippen LogP contribution < -0.4 is 9.47 Å². The van der Waals surface area contributed by atoms with Crippen LogP contribution in [0.25, 0.3) is 11.1 Å². The van der Waals surface area contributed by atoms with Crippen LogP contribution in [-0.4, -0.2) is 29.4 Å². The number of rotatable bonds is 11. The first kappa shape index (κ1) is 28.8. The lowest BCUT2D eigenvalue weighted by Crippen LogP contribution is -2.20. The first-order valence-electron chi connectivity index (χ1n) is 11.2. The standard InChI is InChI=1S/C24H32BrF5O2Si2/c1-33(2,3)11-7-9-31-17-14-16(25)18(32-10-8-12-34(4,5)6)13-15(17)19-20(26)22(28)24(30)23(29)21(19)27/h13-14H,7-12H2,1-6H3. The van der Waals surface area contributed by atoms with Crippen molar-refractivity contribution in [2.45, 2.75) is 64.2 Å². The van der Waals surface area contributed by atoms with Crippen molar-refractivity contribution in [2.75, 3.05) is 13.2 Å². The number of hydrogen-bond donors (Lipinski definition) is 0. The molecule has 0 unspecified atom stereocenters. The van der Waals surface area contributed by atoms with Gasteiger partial charge in [0.2, 0.25) is 5.82 Å². The van der Waals surface area contributed by atoms with E-state index in [1.807, 2.05) is 0 Å². The molecular formula is C24H32BrF5O2Si2. The molecule has 2 aromatic rings. The smallest absolute Gasteiger partial charge is 0.200 e. The fourth-order valence-corrected chi connectivity index (χ4v) is 6.22. The Morgan fingerprint density at radius 1 is 0.647 bits per heavy atom. The minimum atomic E-state index is -2.20. The second-order valence-corrected chi connectivity index (χ2v) is 22.8. The summed E-state index contributed by atoms with van der Waals surface area (Å²) in [6.45, 7) is 13.9. The summed E-state index contributed by atoms with van der Waals surface area (Å²) in [5.41, 5.74) is -1.28. The van der Waals surface area contributed by atoms with Crippen LogP contribution in [-0.2, 0) is 0 Å². The van der Waals surface area contributed by atoms with E-state index in [1.165, 1.54) is 12.1 Å². The van der Waals surface area contributed by atoms with Gasteiger partial charge in [-0.05, 0) is 40.9 Å². The van der Waals surface area contributed by atoms with E-state index in [9.17, 15) is 22.0 Å². The summed E-state index contributed by atoms with van der Waals surface area (Å²) in [7, 11) is -2.60. The minimum absolute atomic E-state index is 0.0140. The zero-order chi connectivity index (χ0) is 25.8. The summed E-state index contributed by atoms with van der Waals surface area (Å²) < 4.78 is 82.9. The van der Waals surface area contributed by atoms with Gasteiger partial charge >= 0.3 is 0 Å². The molecule has 34 heavy (non-hydrogen) atoms. The third-order valence-electron chi connectivity index (χ3n) is 5.17. The first-order valence-corrected chi connectivity index (χ1v) is 19.4. The van der Waals surface area contributed by atoms with E-state index in [4.69, 9.17) is 9.47 Å². The summed E-state index contributed by atoms with van der Waals surface area (Å²) in [5, 5.41) is 0. The zero-order valence-electron chi connectivity index (χ0n) is 20.5. The largest absolute Gasteiger partial charge is 0.493 e. The van der Waals surface area contributed by atoms with Crippen LogP contribution in [0, 0.1) is 29.1 Å². The maximum Gasteiger partial charge on any atom is 0.200 e. The van der Waals surface area contributed by atoms with Gasteiger partial charge in [-0.2, -0.15) is 0 Å². The molecule has 0 bridgehead atoms. The normalized spacial score (nSPS) is 12.2. The third-order valence-corrected chi connectivity index (χ3v) is 9.50. The Labute approximate surface area is 209 Å². The second-order valence-electron chi connectivity index (χ2n) is 10.7. The summed E-state index contributed by atoms with van der Waals surface area (Å²) in [5.74, 6) is -9.76. The van der Waals surface area contributed by atoms with Crippen molar-refractivity contribution >= 4 is 32.1 Å². The topological polar surface area (TPSA) is 18.5 Å². The third kappa shape index (κ3) is 7.81. The molecule has 2 aromatic carbocycles. The van der Waals surface area contributed by atoms with Crippen molar-refractivity contribution in [3.63, 3.8) is 0 Å². The van der Waals surface area contributed by atoms with E-state index in [2.05, 4.69) is 55.2 Å². The van der Waals surface area contributed by atoms with Crippen LogP contribution in [0.1, 0.15) is 12.8 Å². The van der Waals surface area contributed by atoms with Gasteiger partial charge in [0.05, 0.1) is 23.2 Å². The van der Waals surface area contributed by atoms with Crippen LogP contribution in [0.2, 0.25) is 51.4 Å². The molecule has 0 saturated carbocycles. The summed E-state index contributed by atoms with van der Waals surface area (Å²) in [6.07, 6.45) is 1.49. The molecule has 0 atom stereocenters. The Morgan fingerprint density at radius 2 is 1.06 bits per heavy atom. The Balaban J connectivity index is 2.46. The van der Waals surface area contributed by atoms with Crippen LogP contribution in [0.15, 0.2) is 16.6 Å². The zero-order valence-corrected chi connectivity index (χ0v) is 24.1. The molecule has 190 valence electrons. The van der Waals surface area contributed by atoms with Crippen molar-refractivity contribution in [2.24, 2.45) is 0 Å². The van der Waals surface area contributed by atoms with Gasteiger partial charge in [-0.3, -0.25) is 0 Å². The number of ether oxygens (including phenoxy) is 2. The molecular weight excluding hydrogens is 551 g/mol. The van der Waals surface area contributed by atoms with Crippen molar-refractivity contribution < 1.29 is 31.4 Å². The summed E-state index contributed by atoms with van der Waals surface area (Å²) >= 11 is 3.38. The lowest BCUT2D eigenvalue weighted by Gasteiger charge is -2.19. The van der Waals surface area contributed by atoms with Crippen molar-refractivity contribution in [1.29, 1.82) is 0 Å². The molecule has 0 radical (unpaired) electrons. The molecule has 10 heteroatoms. The van der Waals surface area contributed by atoms with Crippen LogP contribution >= 0.6 is 15.9 Å². The molecule has 0 spiro atoms. The van der Waals surface area contributed by atoms with E-state index < -0.39 is 50.8 Å². The SMILES string of the molecule is C[Si](C)(C)CCCOc1cc(-c2c(F)c(F)c(F)c(F)c2F)c(OCCC[Si](C)(C)C)cc1Br. The van der Waals surface area contributed by atoms with E-state index in [0.29, 0.717) is 17.5 Å². The lowest BCUT2D eigenvalue weighted by molar-refractivity contribution is 0.307. The highest BCUT2D eigenvalue weighted by molar-refractivity contribution is 9.10. The number of halogens is 6. The Morgan fingerprint density at radius 3 is 1.50 bits per heavy atom. The van der Waals surface area contributed by atoms with Gasteiger partial charge in [-0.1, -0.05) is 51.4 Å². The molecule has 0 amide bonds. The predicted octanol–water partition coefficient (Wildman–Crippen LogP) is 9.03. The summed E-state index contributed by atoms with van der Waals surface area (Å²) in [6, 6.07) is 4.71. The van der Waals surface area contributed by atoms with E-state index in [1.54, 1.807) is 0 Å². The van der Waals surface area contributed by atoms with Gasteiger partial charge < -0.3 is 9.47 Å². The molecule has 0 saturated heterocycles. The summed E-state index contributed by atoms with van der Waals surface area (Å²) in [4.78, 5) is 0. The van der Waals surface area contributed by atoms with Crippen LogP contribution in [0.4, 0.5) is 22.0 Å². The molecule has 2 rings (SSSR count). The molecule has 0 aromatic heterocycles. The fourth-order valence-electron chi connectivity index (χ4n) is 3.37. The number of benzene rings is 2. The first-order chi connectivity index (χ1) is 15.6. The highest BCUT2D eigenvalue weighted by Gasteiger charge is 2.29. The average molecular weight is 584 g/mol. The quantitative estimate of drug-likeness (QED) is 0.0864. The molecule has 0 N–H and O–H groups in total. The predicted molar refractivity (Wildman–Crippen MR) is 136 cm³/mol. The number of hydrogen-bond acceptors (Lipinski definition) is 2. The molecule has 0 aliphatic carbocycles. The molecule has 2 nitrogen and oxygen atoms in total. The van der Waals surface area contributed by atoms with Gasteiger partial charge in [0.25, 0.3) is 0 Å². The van der Waals surface area contributed by atoms with Crippen LogP contribution in [0.5, 0.6) is 11.5 Å². The van der Waals surface area contributed by atoms with Gasteiger partial charge in [0.15, 0.2) is 23.3 Å². The fraction of sp³-hybridized carbons (Fsp3) is 0.500. The minimum Gasteiger partial charge on any atom is -0.493 e. The Kier molecular flexibility index (Phi) is 9.80. The average Bonchev–Trinajstić information content (AvgIpc) is 2.72. The van der Waals surface area contributed by atoms with E-state index in [0.717, 1.165) is 18.5 Å². The lowest BCUT2D eigenvalue weighted by atomic mass is 10.0. The van der Waals surface area contributed by atoms with Gasteiger partial charge in [0.1, 0.15) is 11.5 Å². The van der Waals surface area contributed by atoms with Crippen molar-refractivity contribution in [3.8, 4) is 22.6 Å². The van der Waals surface area contributed by atoms with E-state index >= 15 is 0 Å². The van der Waals surface area contributed by atoms with Crippen molar-refractivity contribution in [1.82, 2.24) is 0 Å². The Bertz CT molecular complexity index is 991. The van der Waals surface area contributed by atoms with Crippen molar-refractivity contribution in [3.05, 3.63) is 45.7 Å². The maximum absolute atomic E-state index is 14.7. The highest BCUT2D eigenvalue weighted by Crippen LogP contribution is 2.42. The van der Waals surface area contributed by atoms with Gasteiger partial charge in [-0.15, -0.1) is 0 Å². The monoisotopic (exact) mass is 582 g/mol. The molecule has 0 aliphatic heterocycles. The maximum atomic E-state index is 14.7. The van der Waals surface area contributed by atoms with E-state index in [-0.39, 0.29) is 23.7 Å². The van der Waals surface area contributed by atoms with Gasteiger partial charge in [-0.25, -0.2) is 22.0 Å². The van der Waals surface area contributed by atoms with Gasteiger partial charge in [0, 0.05) is 21.7 Å². The molecule has 0 fully saturated rings. The second kappa shape index (κ2) is 11.6.